The summed E-state index contributed by atoms with van der Waals surface area (Å²) >= 11 is 0. The molecule has 2 rings (SSSR count). The third kappa shape index (κ3) is 3.91. The second kappa shape index (κ2) is 7.20. The van der Waals surface area contributed by atoms with Gasteiger partial charge in [-0.05, 0) is 35.6 Å². The molecule has 0 amide bonds. The maximum absolute atomic E-state index is 13.0. The molecule has 0 aliphatic carbocycles. The van der Waals surface area contributed by atoms with Crippen molar-refractivity contribution in [3.63, 3.8) is 0 Å². The summed E-state index contributed by atoms with van der Waals surface area (Å²) in [6.45, 7) is 5.29. The smallest absolute Gasteiger partial charge is 0.123 e. The third-order valence-electron chi connectivity index (χ3n) is 3.72. The van der Waals surface area contributed by atoms with E-state index in [1.165, 1.54) is 17.7 Å². The number of hydrogen-bond donors (Lipinski definition) is 1. The molecule has 0 heterocycles. The molecule has 1 nitrogen and oxygen atoms in total. The molecule has 20 heavy (non-hydrogen) atoms. The highest BCUT2D eigenvalue weighted by molar-refractivity contribution is 5.21. The zero-order valence-electron chi connectivity index (χ0n) is 12.1. The summed E-state index contributed by atoms with van der Waals surface area (Å²) < 4.78 is 13.0. The maximum atomic E-state index is 13.0. The van der Waals surface area contributed by atoms with Crippen LogP contribution in [0.25, 0.3) is 0 Å². The van der Waals surface area contributed by atoms with Gasteiger partial charge in [-0.3, -0.25) is 0 Å². The van der Waals surface area contributed by atoms with Crippen LogP contribution in [0.5, 0.6) is 0 Å². The van der Waals surface area contributed by atoms with Gasteiger partial charge in [0, 0.05) is 12.6 Å². The largest absolute Gasteiger partial charge is 0.309 e. The Hall–Kier alpha value is -1.67. The molecule has 0 saturated carbocycles. The van der Waals surface area contributed by atoms with Crippen LogP contribution in [0.15, 0.2) is 54.6 Å². The molecule has 0 bridgehead atoms. The minimum atomic E-state index is -0.179. The van der Waals surface area contributed by atoms with E-state index >= 15 is 0 Å². The monoisotopic (exact) mass is 271 g/mol. The van der Waals surface area contributed by atoms with Gasteiger partial charge in [0.25, 0.3) is 0 Å². The summed E-state index contributed by atoms with van der Waals surface area (Å²) in [4.78, 5) is 0. The van der Waals surface area contributed by atoms with Gasteiger partial charge in [-0.25, -0.2) is 4.39 Å². The summed E-state index contributed by atoms with van der Waals surface area (Å²) in [5, 5.41) is 3.58. The minimum Gasteiger partial charge on any atom is -0.309 e. The first-order valence-electron chi connectivity index (χ1n) is 7.24. The third-order valence-corrected chi connectivity index (χ3v) is 3.72. The Balaban J connectivity index is 1.95. The van der Waals surface area contributed by atoms with Gasteiger partial charge in [0.2, 0.25) is 0 Å². The van der Waals surface area contributed by atoms with Crippen LogP contribution in [0.1, 0.15) is 43.4 Å². The van der Waals surface area contributed by atoms with E-state index in [1.54, 1.807) is 0 Å². The highest BCUT2D eigenvalue weighted by Crippen LogP contribution is 2.19. The van der Waals surface area contributed by atoms with E-state index in [4.69, 9.17) is 0 Å². The van der Waals surface area contributed by atoms with Crippen molar-refractivity contribution in [1.29, 1.82) is 0 Å². The second-order valence-electron chi connectivity index (χ2n) is 5.23. The van der Waals surface area contributed by atoms with E-state index in [2.05, 4.69) is 43.4 Å². The minimum absolute atomic E-state index is 0.179. The quantitative estimate of drug-likeness (QED) is 0.805. The lowest BCUT2D eigenvalue weighted by molar-refractivity contribution is 0.494. The molecule has 0 aliphatic rings. The Kier molecular flexibility index (Phi) is 5.31. The van der Waals surface area contributed by atoms with Crippen molar-refractivity contribution in [2.75, 3.05) is 6.54 Å². The molecule has 0 fully saturated rings. The normalized spacial score (nSPS) is 13.9. The van der Waals surface area contributed by atoms with Gasteiger partial charge in [-0.15, -0.1) is 0 Å². The van der Waals surface area contributed by atoms with Crippen molar-refractivity contribution in [3.05, 3.63) is 71.5 Å². The molecule has 106 valence electrons. The molecular weight excluding hydrogens is 249 g/mol. The lowest BCUT2D eigenvalue weighted by Crippen LogP contribution is -2.25. The SMILES string of the molecule is CCC(NCC(C)c1ccccc1)c1ccc(F)cc1. The number of benzene rings is 2. The summed E-state index contributed by atoms with van der Waals surface area (Å²) in [6.07, 6.45) is 0.993. The lowest BCUT2D eigenvalue weighted by atomic mass is 9.99. The van der Waals surface area contributed by atoms with E-state index in [9.17, 15) is 4.39 Å². The average molecular weight is 271 g/mol. The Morgan fingerprint density at radius 3 is 2.20 bits per heavy atom. The molecule has 0 aliphatic heterocycles. The van der Waals surface area contributed by atoms with E-state index in [0.29, 0.717) is 5.92 Å². The molecule has 2 heteroatoms. The van der Waals surface area contributed by atoms with Crippen LogP contribution < -0.4 is 5.32 Å². The van der Waals surface area contributed by atoms with Gasteiger partial charge < -0.3 is 5.32 Å². The molecule has 0 radical (unpaired) electrons. The van der Waals surface area contributed by atoms with Gasteiger partial charge in [0.1, 0.15) is 5.82 Å². The van der Waals surface area contributed by atoms with Crippen molar-refractivity contribution in [1.82, 2.24) is 5.32 Å². The van der Waals surface area contributed by atoms with Crippen molar-refractivity contribution in [2.24, 2.45) is 0 Å². The predicted molar refractivity (Wildman–Crippen MR) is 82.3 cm³/mol. The molecule has 0 aromatic heterocycles. The van der Waals surface area contributed by atoms with Crippen LogP contribution in [0.4, 0.5) is 4.39 Å². The number of halogens is 1. The Morgan fingerprint density at radius 1 is 0.950 bits per heavy atom. The molecule has 0 saturated heterocycles. The first-order chi connectivity index (χ1) is 9.70. The molecule has 2 aromatic carbocycles. The first kappa shape index (κ1) is 14.7. The summed E-state index contributed by atoms with van der Waals surface area (Å²) in [5.41, 5.74) is 2.49. The predicted octanol–water partition coefficient (Wildman–Crippen LogP) is 4.67. The van der Waals surface area contributed by atoms with E-state index in [-0.39, 0.29) is 11.9 Å². The van der Waals surface area contributed by atoms with Gasteiger partial charge in [0.05, 0.1) is 0 Å². The van der Waals surface area contributed by atoms with Crippen molar-refractivity contribution < 1.29 is 4.39 Å². The van der Waals surface area contributed by atoms with Gasteiger partial charge >= 0.3 is 0 Å². The van der Waals surface area contributed by atoms with Crippen LogP contribution in [0.2, 0.25) is 0 Å². The van der Waals surface area contributed by atoms with Crippen LogP contribution in [-0.4, -0.2) is 6.54 Å². The van der Waals surface area contributed by atoms with E-state index in [1.807, 2.05) is 18.2 Å². The molecule has 2 atom stereocenters. The van der Waals surface area contributed by atoms with Crippen LogP contribution in [-0.2, 0) is 0 Å². The zero-order chi connectivity index (χ0) is 14.4. The number of nitrogens with one attached hydrogen (secondary N) is 1. The Morgan fingerprint density at radius 2 is 1.60 bits per heavy atom. The average Bonchev–Trinajstić information content (AvgIpc) is 2.50. The lowest BCUT2D eigenvalue weighted by Gasteiger charge is -2.20. The summed E-state index contributed by atoms with van der Waals surface area (Å²) in [6, 6.07) is 17.6. The fraction of sp³-hybridized carbons (Fsp3) is 0.333. The number of hydrogen-bond acceptors (Lipinski definition) is 1. The van der Waals surface area contributed by atoms with Crippen LogP contribution in [0, 0.1) is 5.82 Å². The Bertz CT molecular complexity index is 507. The van der Waals surface area contributed by atoms with Crippen molar-refractivity contribution >= 4 is 0 Å². The maximum Gasteiger partial charge on any atom is 0.123 e. The van der Waals surface area contributed by atoms with Crippen LogP contribution >= 0.6 is 0 Å². The fourth-order valence-corrected chi connectivity index (χ4v) is 2.41. The topological polar surface area (TPSA) is 12.0 Å². The van der Waals surface area contributed by atoms with Gasteiger partial charge in [-0.2, -0.15) is 0 Å². The fourth-order valence-electron chi connectivity index (χ4n) is 2.41. The highest BCUT2D eigenvalue weighted by atomic mass is 19.1. The zero-order valence-corrected chi connectivity index (χ0v) is 12.1. The second-order valence-corrected chi connectivity index (χ2v) is 5.23. The highest BCUT2D eigenvalue weighted by Gasteiger charge is 2.11. The van der Waals surface area contributed by atoms with Crippen molar-refractivity contribution in [2.45, 2.75) is 32.2 Å². The molecule has 1 N–H and O–H groups in total. The Labute approximate surface area is 120 Å². The standard InChI is InChI=1S/C18H22FN/c1-3-18(16-9-11-17(19)12-10-16)20-13-14(2)15-7-5-4-6-8-15/h4-12,14,18,20H,3,13H2,1-2H3. The van der Waals surface area contributed by atoms with E-state index in [0.717, 1.165) is 18.5 Å². The van der Waals surface area contributed by atoms with Crippen molar-refractivity contribution in [3.8, 4) is 0 Å². The molecule has 2 unspecified atom stereocenters. The number of rotatable bonds is 6. The van der Waals surface area contributed by atoms with Crippen LogP contribution in [0.3, 0.4) is 0 Å². The van der Waals surface area contributed by atoms with E-state index < -0.39 is 0 Å². The molecule has 2 aromatic rings. The van der Waals surface area contributed by atoms with Gasteiger partial charge in [-0.1, -0.05) is 56.3 Å². The molecule has 0 spiro atoms. The summed E-state index contributed by atoms with van der Waals surface area (Å²) in [7, 11) is 0. The molecular formula is C18H22FN. The summed E-state index contributed by atoms with van der Waals surface area (Å²) in [5.74, 6) is 0.284. The van der Waals surface area contributed by atoms with Gasteiger partial charge in [0.15, 0.2) is 0 Å². The first-order valence-corrected chi connectivity index (χ1v) is 7.24.